The fourth-order valence-corrected chi connectivity index (χ4v) is 5.91. The molecule has 2 amide bonds. The first-order chi connectivity index (χ1) is 16.4. The summed E-state index contributed by atoms with van der Waals surface area (Å²) in [6, 6.07) is 13.6. The molecule has 4 rings (SSSR count). The molecule has 0 N–H and O–H groups in total. The van der Waals surface area contributed by atoms with Gasteiger partial charge in [-0.2, -0.15) is 4.31 Å². The van der Waals surface area contributed by atoms with Crippen molar-refractivity contribution in [1.82, 2.24) is 14.1 Å². The Morgan fingerprint density at radius 1 is 0.794 bits per heavy atom. The van der Waals surface area contributed by atoms with E-state index in [4.69, 9.17) is 4.74 Å². The van der Waals surface area contributed by atoms with Gasteiger partial charge in [0.1, 0.15) is 5.75 Å². The standard InChI is InChI=1S/C25H31N3O5S/c1-33-22-9-7-21(8-10-22)25(30)27-17-15-26(16-18-27)24(29)19-20-5-11-23(12-6-20)34(31,32)28-13-3-2-4-14-28/h5-12H,2-4,13-19H2,1H3. The maximum absolute atomic E-state index is 12.8. The molecule has 0 radical (unpaired) electrons. The summed E-state index contributed by atoms with van der Waals surface area (Å²) in [6.07, 6.45) is 3.06. The molecule has 2 heterocycles. The van der Waals surface area contributed by atoms with Gasteiger partial charge >= 0.3 is 0 Å². The zero-order valence-electron chi connectivity index (χ0n) is 19.5. The van der Waals surface area contributed by atoms with Crippen LogP contribution >= 0.6 is 0 Å². The van der Waals surface area contributed by atoms with E-state index in [1.54, 1.807) is 69.7 Å². The number of piperidine rings is 1. The highest BCUT2D eigenvalue weighted by molar-refractivity contribution is 7.89. The Balaban J connectivity index is 1.30. The minimum atomic E-state index is -3.48. The Bertz CT molecular complexity index is 1100. The Morgan fingerprint density at radius 2 is 1.38 bits per heavy atom. The molecule has 0 saturated carbocycles. The van der Waals surface area contributed by atoms with E-state index in [0.717, 1.165) is 24.8 Å². The van der Waals surface area contributed by atoms with E-state index in [2.05, 4.69) is 0 Å². The van der Waals surface area contributed by atoms with Crippen molar-refractivity contribution in [3.63, 3.8) is 0 Å². The number of amides is 2. The normalized spacial score (nSPS) is 17.4. The van der Waals surface area contributed by atoms with Crippen molar-refractivity contribution in [2.45, 2.75) is 30.6 Å². The second kappa shape index (κ2) is 10.6. The maximum atomic E-state index is 12.8. The Hall–Kier alpha value is -2.91. The van der Waals surface area contributed by atoms with E-state index in [-0.39, 0.29) is 23.1 Å². The van der Waals surface area contributed by atoms with Crippen LogP contribution in [0.1, 0.15) is 35.2 Å². The van der Waals surface area contributed by atoms with Crippen molar-refractivity contribution in [3.05, 3.63) is 59.7 Å². The van der Waals surface area contributed by atoms with Crippen LogP contribution in [0.25, 0.3) is 0 Å². The van der Waals surface area contributed by atoms with Gasteiger partial charge in [-0.05, 0) is 54.8 Å². The fraction of sp³-hybridized carbons (Fsp3) is 0.440. The molecule has 0 aromatic heterocycles. The van der Waals surface area contributed by atoms with Gasteiger partial charge in [0.15, 0.2) is 0 Å². The number of methoxy groups -OCH3 is 1. The highest BCUT2D eigenvalue weighted by Gasteiger charge is 2.27. The Kier molecular flexibility index (Phi) is 7.53. The van der Waals surface area contributed by atoms with Crippen LogP contribution < -0.4 is 4.74 Å². The Labute approximate surface area is 201 Å². The van der Waals surface area contributed by atoms with Crippen molar-refractivity contribution >= 4 is 21.8 Å². The van der Waals surface area contributed by atoms with E-state index >= 15 is 0 Å². The van der Waals surface area contributed by atoms with E-state index in [9.17, 15) is 18.0 Å². The average molecular weight is 486 g/mol. The maximum Gasteiger partial charge on any atom is 0.253 e. The molecule has 0 spiro atoms. The van der Waals surface area contributed by atoms with Crippen molar-refractivity contribution in [1.29, 1.82) is 0 Å². The van der Waals surface area contributed by atoms with E-state index < -0.39 is 10.0 Å². The van der Waals surface area contributed by atoms with Crippen LogP contribution in [-0.2, 0) is 21.2 Å². The Morgan fingerprint density at radius 3 is 1.97 bits per heavy atom. The predicted octanol–water partition coefficient (Wildman–Crippen LogP) is 2.40. The molecule has 0 atom stereocenters. The second-order valence-electron chi connectivity index (χ2n) is 8.69. The third kappa shape index (κ3) is 5.42. The summed E-state index contributed by atoms with van der Waals surface area (Å²) in [7, 11) is -1.89. The molecule has 0 aliphatic carbocycles. The number of benzene rings is 2. The first-order valence-corrected chi connectivity index (χ1v) is 13.1. The number of hydrogen-bond donors (Lipinski definition) is 0. The third-order valence-corrected chi connectivity index (χ3v) is 8.40. The molecule has 34 heavy (non-hydrogen) atoms. The van der Waals surface area contributed by atoms with Gasteiger partial charge in [0.2, 0.25) is 15.9 Å². The van der Waals surface area contributed by atoms with Crippen LogP contribution in [0.15, 0.2) is 53.4 Å². The monoisotopic (exact) mass is 485 g/mol. The molecule has 0 unspecified atom stereocenters. The quantitative estimate of drug-likeness (QED) is 0.627. The highest BCUT2D eigenvalue weighted by atomic mass is 32.2. The van der Waals surface area contributed by atoms with Crippen molar-refractivity contribution in [2.75, 3.05) is 46.4 Å². The summed E-state index contributed by atoms with van der Waals surface area (Å²) >= 11 is 0. The second-order valence-corrected chi connectivity index (χ2v) is 10.6. The van der Waals surface area contributed by atoms with Crippen LogP contribution in [0, 0.1) is 0 Å². The highest BCUT2D eigenvalue weighted by Crippen LogP contribution is 2.21. The largest absolute Gasteiger partial charge is 0.497 e. The number of carbonyl (C=O) groups excluding carboxylic acids is 2. The number of hydrogen-bond acceptors (Lipinski definition) is 5. The summed E-state index contributed by atoms with van der Waals surface area (Å²) < 4.78 is 32.3. The third-order valence-electron chi connectivity index (χ3n) is 6.49. The molecule has 182 valence electrons. The number of carbonyl (C=O) groups is 2. The van der Waals surface area contributed by atoms with E-state index in [1.807, 2.05) is 0 Å². The van der Waals surface area contributed by atoms with Crippen LogP contribution in [0.4, 0.5) is 0 Å². The first-order valence-electron chi connectivity index (χ1n) is 11.7. The summed E-state index contributed by atoms with van der Waals surface area (Å²) in [5, 5.41) is 0. The van der Waals surface area contributed by atoms with Crippen LogP contribution in [0.5, 0.6) is 5.75 Å². The summed E-state index contributed by atoms with van der Waals surface area (Å²) in [4.78, 5) is 29.3. The first kappa shape index (κ1) is 24.2. The molecule has 2 aliphatic rings. The summed E-state index contributed by atoms with van der Waals surface area (Å²) in [5.41, 5.74) is 1.37. The van der Waals surface area contributed by atoms with Gasteiger partial charge < -0.3 is 14.5 Å². The van der Waals surface area contributed by atoms with Gasteiger partial charge in [-0.1, -0.05) is 18.6 Å². The van der Waals surface area contributed by atoms with Crippen LogP contribution in [-0.4, -0.2) is 80.7 Å². The van der Waals surface area contributed by atoms with Crippen molar-refractivity contribution < 1.29 is 22.7 Å². The van der Waals surface area contributed by atoms with E-state index in [0.29, 0.717) is 50.6 Å². The number of sulfonamides is 1. The minimum absolute atomic E-state index is 0.0248. The predicted molar refractivity (Wildman–Crippen MR) is 128 cm³/mol. The fourth-order valence-electron chi connectivity index (χ4n) is 4.40. The minimum Gasteiger partial charge on any atom is -0.497 e. The van der Waals surface area contributed by atoms with Crippen LogP contribution in [0.3, 0.4) is 0 Å². The lowest BCUT2D eigenvalue weighted by atomic mass is 10.1. The lowest BCUT2D eigenvalue weighted by Crippen LogP contribution is -2.51. The molecule has 9 heteroatoms. The van der Waals surface area contributed by atoms with Gasteiger partial charge in [0.05, 0.1) is 18.4 Å². The molecule has 2 fully saturated rings. The average Bonchev–Trinajstić information content (AvgIpc) is 2.89. The van der Waals surface area contributed by atoms with Crippen molar-refractivity contribution in [2.24, 2.45) is 0 Å². The van der Waals surface area contributed by atoms with Gasteiger partial charge in [0, 0.05) is 44.8 Å². The smallest absolute Gasteiger partial charge is 0.253 e. The molecule has 2 saturated heterocycles. The van der Waals surface area contributed by atoms with Gasteiger partial charge in [-0.15, -0.1) is 0 Å². The topological polar surface area (TPSA) is 87.2 Å². The molecule has 8 nitrogen and oxygen atoms in total. The lowest BCUT2D eigenvalue weighted by Gasteiger charge is -2.35. The number of rotatable bonds is 6. The molecule has 2 aliphatic heterocycles. The zero-order chi connectivity index (χ0) is 24.1. The number of piperazine rings is 1. The molecule has 0 bridgehead atoms. The number of nitrogens with zero attached hydrogens (tertiary/aromatic N) is 3. The number of ether oxygens (including phenoxy) is 1. The van der Waals surface area contributed by atoms with E-state index in [1.165, 1.54) is 0 Å². The molecule has 2 aromatic carbocycles. The summed E-state index contributed by atoms with van der Waals surface area (Å²) in [5.74, 6) is 0.618. The van der Waals surface area contributed by atoms with Crippen LogP contribution in [0.2, 0.25) is 0 Å². The van der Waals surface area contributed by atoms with Gasteiger partial charge in [0.25, 0.3) is 5.91 Å². The molecular formula is C25H31N3O5S. The molecule has 2 aromatic rings. The van der Waals surface area contributed by atoms with Gasteiger partial charge in [-0.3, -0.25) is 9.59 Å². The van der Waals surface area contributed by atoms with Gasteiger partial charge in [-0.25, -0.2) is 8.42 Å². The zero-order valence-corrected chi connectivity index (χ0v) is 20.3. The summed E-state index contributed by atoms with van der Waals surface area (Å²) in [6.45, 7) is 3.03. The lowest BCUT2D eigenvalue weighted by molar-refractivity contribution is -0.131. The molecular weight excluding hydrogens is 454 g/mol. The SMILES string of the molecule is COc1ccc(C(=O)N2CCN(C(=O)Cc3ccc(S(=O)(=O)N4CCCCC4)cc3)CC2)cc1. The van der Waals surface area contributed by atoms with Crippen molar-refractivity contribution in [3.8, 4) is 5.75 Å².